The monoisotopic (exact) mass is 426 g/mol. The zero-order valence-electron chi connectivity index (χ0n) is 18.1. The maximum absolute atomic E-state index is 13.0. The summed E-state index contributed by atoms with van der Waals surface area (Å²) in [5.74, 6) is 0.797. The Morgan fingerprint density at radius 1 is 1.09 bits per heavy atom. The summed E-state index contributed by atoms with van der Waals surface area (Å²) in [4.78, 5) is 21.7. The molecule has 0 radical (unpaired) electrons. The molecule has 5 rings (SSSR count). The summed E-state index contributed by atoms with van der Waals surface area (Å²) >= 11 is 0. The Bertz CT molecular complexity index is 1260. The zero-order valence-corrected chi connectivity index (χ0v) is 18.1. The second-order valence-electron chi connectivity index (χ2n) is 8.32. The van der Waals surface area contributed by atoms with Gasteiger partial charge >= 0.3 is 0 Å². The van der Waals surface area contributed by atoms with Crippen LogP contribution in [-0.2, 0) is 13.5 Å². The number of rotatable bonds is 6. The number of hydrogen-bond donors (Lipinski definition) is 1. The molecule has 2 aromatic heterocycles. The molecule has 1 N–H and O–H groups in total. The molecular formula is C26H26N4O2. The first kappa shape index (κ1) is 20.4. The normalized spacial score (nSPS) is 14.5. The fraction of sp³-hybridized carbons (Fsp3) is 0.269. The minimum Gasteiger partial charge on any atom is -0.490 e. The lowest BCUT2D eigenvalue weighted by atomic mass is 10.0. The van der Waals surface area contributed by atoms with Crippen molar-refractivity contribution in [3.05, 3.63) is 78.5 Å². The minimum absolute atomic E-state index is 0.0374. The Morgan fingerprint density at radius 3 is 2.78 bits per heavy atom. The van der Waals surface area contributed by atoms with Gasteiger partial charge in [0.05, 0.1) is 24.6 Å². The Labute approximate surface area is 187 Å². The summed E-state index contributed by atoms with van der Waals surface area (Å²) in [5.41, 5.74) is 3.55. The van der Waals surface area contributed by atoms with Crippen molar-refractivity contribution in [1.82, 2.24) is 19.9 Å². The van der Waals surface area contributed by atoms with E-state index in [0.29, 0.717) is 5.56 Å². The van der Waals surface area contributed by atoms with Crippen LogP contribution in [0.1, 0.15) is 28.9 Å². The maximum atomic E-state index is 13.0. The number of imidazole rings is 1. The molecule has 0 amide bonds. The van der Waals surface area contributed by atoms with Gasteiger partial charge in [-0.2, -0.15) is 0 Å². The number of nitrogens with zero attached hydrogens (tertiary/aromatic N) is 3. The maximum Gasteiger partial charge on any atom is 0.168 e. The van der Waals surface area contributed by atoms with Crippen LogP contribution in [0.4, 0.5) is 0 Å². The number of ketones is 1. The largest absolute Gasteiger partial charge is 0.490 e. The Kier molecular flexibility index (Phi) is 5.69. The highest BCUT2D eigenvalue weighted by molar-refractivity contribution is 5.98. The van der Waals surface area contributed by atoms with Crippen LogP contribution in [-0.4, -0.2) is 39.5 Å². The van der Waals surface area contributed by atoms with Gasteiger partial charge in [0.1, 0.15) is 11.9 Å². The summed E-state index contributed by atoms with van der Waals surface area (Å²) in [6, 6.07) is 15.8. The average molecular weight is 427 g/mol. The molecule has 0 saturated carbocycles. The molecule has 1 saturated heterocycles. The average Bonchev–Trinajstić information content (AvgIpc) is 3.25. The number of aryl methyl sites for hydroxylation is 1. The molecule has 32 heavy (non-hydrogen) atoms. The van der Waals surface area contributed by atoms with Crippen molar-refractivity contribution >= 4 is 16.6 Å². The van der Waals surface area contributed by atoms with E-state index in [2.05, 4.69) is 33.5 Å². The van der Waals surface area contributed by atoms with E-state index in [9.17, 15) is 4.79 Å². The number of hydrogen-bond acceptors (Lipinski definition) is 5. The van der Waals surface area contributed by atoms with E-state index in [1.807, 2.05) is 54.3 Å². The third-order valence-electron chi connectivity index (χ3n) is 5.98. The van der Waals surface area contributed by atoms with Gasteiger partial charge in [0.25, 0.3) is 0 Å². The second kappa shape index (κ2) is 8.93. The smallest absolute Gasteiger partial charge is 0.168 e. The molecule has 0 atom stereocenters. The number of pyridine rings is 1. The van der Waals surface area contributed by atoms with Gasteiger partial charge in [-0.15, -0.1) is 0 Å². The molecule has 4 aromatic rings. The number of carbonyl (C=O) groups excluding carboxylic acids is 1. The third kappa shape index (κ3) is 4.41. The van der Waals surface area contributed by atoms with Gasteiger partial charge in [0, 0.05) is 35.5 Å². The topological polar surface area (TPSA) is 69.0 Å². The highest BCUT2D eigenvalue weighted by Gasteiger charge is 2.16. The van der Waals surface area contributed by atoms with Crippen LogP contribution >= 0.6 is 0 Å². The Morgan fingerprint density at radius 2 is 1.97 bits per heavy atom. The molecule has 2 aromatic carbocycles. The fourth-order valence-corrected chi connectivity index (χ4v) is 4.19. The Hall–Kier alpha value is -3.51. The number of benzene rings is 2. The molecule has 0 aliphatic carbocycles. The van der Waals surface area contributed by atoms with E-state index in [4.69, 9.17) is 4.74 Å². The summed E-state index contributed by atoms with van der Waals surface area (Å²) in [6.45, 7) is 1.94. The minimum atomic E-state index is 0.0374. The first-order valence-corrected chi connectivity index (χ1v) is 11.0. The molecule has 1 aliphatic heterocycles. The molecule has 6 heteroatoms. The van der Waals surface area contributed by atoms with Crippen molar-refractivity contribution in [2.24, 2.45) is 7.05 Å². The molecule has 0 bridgehead atoms. The van der Waals surface area contributed by atoms with Gasteiger partial charge in [-0.3, -0.25) is 9.78 Å². The van der Waals surface area contributed by atoms with Gasteiger partial charge in [-0.1, -0.05) is 24.3 Å². The zero-order chi connectivity index (χ0) is 21.9. The molecule has 1 fully saturated rings. The van der Waals surface area contributed by atoms with E-state index in [-0.39, 0.29) is 18.3 Å². The molecular weight excluding hydrogens is 400 g/mol. The van der Waals surface area contributed by atoms with Crippen molar-refractivity contribution in [3.63, 3.8) is 0 Å². The van der Waals surface area contributed by atoms with Gasteiger partial charge in [-0.25, -0.2) is 4.98 Å². The first-order chi connectivity index (χ1) is 15.7. The van der Waals surface area contributed by atoms with E-state index in [1.54, 1.807) is 6.33 Å². The molecule has 0 unspecified atom stereocenters. The summed E-state index contributed by atoms with van der Waals surface area (Å²) in [6.07, 6.45) is 7.91. The first-order valence-electron chi connectivity index (χ1n) is 11.0. The van der Waals surface area contributed by atoms with Crippen LogP contribution in [0.5, 0.6) is 5.75 Å². The standard InChI is InChI=1S/C26H26N4O2/c1-30-17-28-16-25(30)18-5-6-20-15-29-22(12-21(20)11-18)14-26(31)19-3-2-4-24(13-19)32-23-7-9-27-10-8-23/h2-6,11-13,15-17,23,27H,7-10,14H2,1H3. The van der Waals surface area contributed by atoms with Gasteiger partial charge in [0.15, 0.2) is 5.78 Å². The van der Waals surface area contributed by atoms with Crippen LogP contribution in [0.15, 0.2) is 67.3 Å². The lowest BCUT2D eigenvalue weighted by Gasteiger charge is -2.24. The van der Waals surface area contributed by atoms with E-state index in [1.165, 1.54) is 0 Å². The number of nitrogens with one attached hydrogen (secondary N) is 1. The van der Waals surface area contributed by atoms with Crippen LogP contribution in [0.3, 0.4) is 0 Å². The summed E-state index contributed by atoms with van der Waals surface area (Å²) in [7, 11) is 1.98. The number of fused-ring (bicyclic) bond motifs is 1. The second-order valence-corrected chi connectivity index (χ2v) is 8.32. The predicted octanol–water partition coefficient (Wildman–Crippen LogP) is 4.19. The molecule has 6 nitrogen and oxygen atoms in total. The number of carbonyl (C=O) groups is 1. The van der Waals surface area contributed by atoms with E-state index in [0.717, 1.165) is 59.4 Å². The fourth-order valence-electron chi connectivity index (χ4n) is 4.19. The van der Waals surface area contributed by atoms with E-state index >= 15 is 0 Å². The van der Waals surface area contributed by atoms with Gasteiger partial charge in [-0.05, 0) is 55.6 Å². The number of aromatic nitrogens is 3. The highest BCUT2D eigenvalue weighted by Crippen LogP contribution is 2.25. The van der Waals surface area contributed by atoms with E-state index < -0.39 is 0 Å². The number of piperidine rings is 1. The summed E-state index contributed by atoms with van der Waals surface area (Å²) in [5, 5.41) is 5.44. The molecule has 1 aliphatic rings. The van der Waals surface area contributed by atoms with Crippen LogP contribution in [0, 0.1) is 0 Å². The summed E-state index contributed by atoms with van der Waals surface area (Å²) < 4.78 is 8.09. The van der Waals surface area contributed by atoms with Crippen LogP contribution in [0.25, 0.3) is 22.0 Å². The molecule has 3 heterocycles. The van der Waals surface area contributed by atoms with Crippen molar-refractivity contribution in [2.75, 3.05) is 13.1 Å². The van der Waals surface area contributed by atoms with Crippen LogP contribution < -0.4 is 10.1 Å². The van der Waals surface area contributed by atoms with Crippen molar-refractivity contribution in [3.8, 4) is 17.0 Å². The van der Waals surface area contributed by atoms with Crippen molar-refractivity contribution in [1.29, 1.82) is 0 Å². The number of Topliss-reactive ketones (excluding diaryl/α,β-unsaturated/α-hetero) is 1. The van der Waals surface area contributed by atoms with Gasteiger partial charge in [0.2, 0.25) is 0 Å². The number of ether oxygens (including phenoxy) is 1. The van der Waals surface area contributed by atoms with Gasteiger partial charge < -0.3 is 14.6 Å². The van der Waals surface area contributed by atoms with Crippen LogP contribution in [0.2, 0.25) is 0 Å². The molecule has 162 valence electrons. The molecule has 0 spiro atoms. The highest BCUT2D eigenvalue weighted by atomic mass is 16.5. The SMILES string of the molecule is Cn1cncc1-c1ccc2cnc(CC(=O)c3cccc(OC4CCNCC4)c3)cc2c1. The third-order valence-corrected chi connectivity index (χ3v) is 5.98. The quantitative estimate of drug-likeness (QED) is 0.468. The lowest BCUT2D eigenvalue weighted by molar-refractivity contribution is 0.0990. The lowest BCUT2D eigenvalue weighted by Crippen LogP contribution is -2.34. The van der Waals surface area contributed by atoms with Crippen molar-refractivity contribution < 1.29 is 9.53 Å². The predicted molar refractivity (Wildman–Crippen MR) is 125 cm³/mol. The Balaban J connectivity index is 1.34. The van der Waals surface area contributed by atoms with Crippen molar-refractivity contribution in [2.45, 2.75) is 25.4 Å².